The molecule has 0 radical (unpaired) electrons. The second-order valence-corrected chi connectivity index (χ2v) is 7.88. The van der Waals surface area contributed by atoms with Crippen LogP contribution in [-0.2, 0) is 20.9 Å². The lowest BCUT2D eigenvalue weighted by atomic mass is 10.1. The first kappa shape index (κ1) is 22.1. The van der Waals surface area contributed by atoms with Crippen LogP contribution in [0.4, 0.5) is 0 Å². The molecule has 170 valence electrons. The smallest absolute Gasteiger partial charge is 0.279 e. The van der Waals surface area contributed by atoms with Gasteiger partial charge in [-0.25, -0.2) is 0 Å². The number of hydrogen-bond donors (Lipinski definition) is 2. The number of carbonyl (C=O) groups excluding carboxylic acids is 3. The van der Waals surface area contributed by atoms with Gasteiger partial charge in [-0.2, -0.15) is 0 Å². The van der Waals surface area contributed by atoms with Crippen LogP contribution >= 0.6 is 0 Å². The highest BCUT2D eigenvalue weighted by atomic mass is 16.5. The number of hydrazine groups is 1. The first-order valence-corrected chi connectivity index (χ1v) is 10.7. The first-order valence-electron chi connectivity index (χ1n) is 10.7. The highest BCUT2D eigenvalue weighted by Gasteiger charge is 2.35. The van der Waals surface area contributed by atoms with Crippen molar-refractivity contribution in [2.75, 3.05) is 6.54 Å². The molecule has 1 aromatic heterocycles. The predicted octanol–water partition coefficient (Wildman–Crippen LogP) is 2.91. The Hall–Kier alpha value is -4.07. The van der Waals surface area contributed by atoms with Gasteiger partial charge in [0, 0.05) is 13.0 Å². The number of rotatable bonds is 7. The van der Waals surface area contributed by atoms with E-state index in [2.05, 4.69) is 10.9 Å². The van der Waals surface area contributed by atoms with E-state index in [1.54, 1.807) is 36.1 Å². The topological polar surface area (TPSA) is 101 Å². The second-order valence-electron chi connectivity index (χ2n) is 7.88. The Morgan fingerprint density at radius 3 is 2.45 bits per heavy atom. The van der Waals surface area contributed by atoms with E-state index in [9.17, 15) is 14.4 Å². The minimum Gasteiger partial charge on any atom is -0.481 e. The average Bonchev–Trinajstić information content (AvgIpc) is 3.48. The second kappa shape index (κ2) is 10.0. The molecule has 4 rings (SSSR count). The van der Waals surface area contributed by atoms with E-state index in [4.69, 9.17) is 9.15 Å². The van der Waals surface area contributed by atoms with E-state index in [0.717, 1.165) is 11.1 Å². The maximum absolute atomic E-state index is 12.4. The molecule has 2 unspecified atom stereocenters. The number of likely N-dealkylation sites (tertiary alicyclic amines) is 1. The van der Waals surface area contributed by atoms with Gasteiger partial charge in [0.1, 0.15) is 11.5 Å². The molecule has 0 aliphatic carbocycles. The van der Waals surface area contributed by atoms with Gasteiger partial charge in [-0.3, -0.25) is 25.2 Å². The molecular weight excluding hydrogens is 422 g/mol. The third-order valence-electron chi connectivity index (χ3n) is 5.46. The molecule has 0 saturated carbocycles. The van der Waals surface area contributed by atoms with Crippen molar-refractivity contribution in [1.82, 2.24) is 15.8 Å². The van der Waals surface area contributed by atoms with Crippen LogP contribution in [0.25, 0.3) is 11.1 Å². The summed E-state index contributed by atoms with van der Waals surface area (Å²) in [7, 11) is 0. The standard InChI is InChI=1S/C25H25N3O5/c1-17(33-21-11-9-19(10-12-21)18-6-3-2-4-7-18)24(30)26-27-25(31)20-14-23(29)28(15-20)16-22-8-5-13-32-22/h2-13,17,20H,14-16H2,1H3,(H,26,30)(H,27,31). The number of carbonyl (C=O) groups is 3. The molecule has 2 aromatic carbocycles. The molecule has 3 amide bonds. The van der Waals surface area contributed by atoms with Crippen molar-refractivity contribution in [1.29, 1.82) is 0 Å². The number of benzene rings is 2. The molecular formula is C25H25N3O5. The molecule has 2 heterocycles. The van der Waals surface area contributed by atoms with Gasteiger partial charge in [0.2, 0.25) is 11.8 Å². The van der Waals surface area contributed by atoms with Crippen LogP contribution in [0, 0.1) is 5.92 Å². The first-order chi connectivity index (χ1) is 16.0. The zero-order valence-corrected chi connectivity index (χ0v) is 18.2. The van der Waals surface area contributed by atoms with E-state index in [-0.39, 0.29) is 18.9 Å². The van der Waals surface area contributed by atoms with Crippen molar-refractivity contribution in [2.24, 2.45) is 5.92 Å². The van der Waals surface area contributed by atoms with Crippen LogP contribution in [0.1, 0.15) is 19.1 Å². The summed E-state index contributed by atoms with van der Waals surface area (Å²) >= 11 is 0. The molecule has 3 aromatic rings. The summed E-state index contributed by atoms with van der Waals surface area (Å²) in [5.74, 6) is -0.396. The molecule has 1 aliphatic heterocycles. The minimum absolute atomic E-state index is 0.0855. The highest BCUT2D eigenvalue weighted by molar-refractivity contribution is 5.90. The Kier molecular flexibility index (Phi) is 6.73. The molecule has 2 N–H and O–H groups in total. The fourth-order valence-electron chi connectivity index (χ4n) is 3.63. The van der Waals surface area contributed by atoms with E-state index < -0.39 is 23.8 Å². The van der Waals surface area contributed by atoms with E-state index >= 15 is 0 Å². The number of furan rings is 1. The third kappa shape index (κ3) is 5.60. The lowest BCUT2D eigenvalue weighted by Gasteiger charge is -2.17. The molecule has 8 nitrogen and oxygen atoms in total. The lowest BCUT2D eigenvalue weighted by Crippen LogP contribution is -2.49. The predicted molar refractivity (Wildman–Crippen MR) is 120 cm³/mol. The largest absolute Gasteiger partial charge is 0.481 e. The molecule has 1 fully saturated rings. The van der Waals surface area contributed by atoms with Crippen molar-refractivity contribution < 1.29 is 23.5 Å². The van der Waals surface area contributed by atoms with Crippen LogP contribution in [0.15, 0.2) is 77.4 Å². The van der Waals surface area contributed by atoms with Gasteiger partial charge in [-0.15, -0.1) is 0 Å². The minimum atomic E-state index is -0.825. The summed E-state index contributed by atoms with van der Waals surface area (Å²) in [5, 5.41) is 0. The van der Waals surface area contributed by atoms with E-state index in [1.165, 1.54) is 6.26 Å². The number of hydrogen-bond acceptors (Lipinski definition) is 5. The molecule has 8 heteroatoms. The molecule has 2 atom stereocenters. The summed E-state index contributed by atoms with van der Waals surface area (Å²) in [6.07, 6.45) is 0.798. The number of amides is 3. The summed E-state index contributed by atoms with van der Waals surface area (Å²) in [6, 6.07) is 20.9. The zero-order valence-electron chi connectivity index (χ0n) is 18.2. The maximum atomic E-state index is 12.4. The number of nitrogens with zero attached hydrogens (tertiary/aromatic N) is 1. The fourth-order valence-corrected chi connectivity index (χ4v) is 3.63. The van der Waals surface area contributed by atoms with Gasteiger partial charge in [0.25, 0.3) is 5.91 Å². The lowest BCUT2D eigenvalue weighted by molar-refractivity contribution is -0.134. The van der Waals surface area contributed by atoms with Gasteiger partial charge in [-0.05, 0) is 42.3 Å². The third-order valence-corrected chi connectivity index (χ3v) is 5.46. The maximum Gasteiger partial charge on any atom is 0.279 e. The van der Waals surface area contributed by atoms with Crippen molar-refractivity contribution in [3.63, 3.8) is 0 Å². The Bertz CT molecular complexity index is 1100. The molecule has 0 bridgehead atoms. The van der Waals surface area contributed by atoms with Crippen LogP contribution in [0.5, 0.6) is 5.75 Å². The Morgan fingerprint density at radius 1 is 1.03 bits per heavy atom. The summed E-state index contributed by atoms with van der Waals surface area (Å²) in [5.41, 5.74) is 6.91. The van der Waals surface area contributed by atoms with Gasteiger partial charge in [0.05, 0.1) is 18.7 Å². The summed E-state index contributed by atoms with van der Waals surface area (Å²) in [4.78, 5) is 38.5. The summed E-state index contributed by atoms with van der Waals surface area (Å²) < 4.78 is 10.9. The van der Waals surface area contributed by atoms with Gasteiger partial charge < -0.3 is 14.1 Å². The Balaban J connectivity index is 1.23. The van der Waals surface area contributed by atoms with Gasteiger partial charge in [0.15, 0.2) is 6.10 Å². The quantitative estimate of drug-likeness (QED) is 0.543. The van der Waals surface area contributed by atoms with Crippen molar-refractivity contribution in [3.05, 3.63) is 78.8 Å². The van der Waals surface area contributed by atoms with Crippen molar-refractivity contribution >= 4 is 17.7 Å². The van der Waals surface area contributed by atoms with Crippen molar-refractivity contribution in [3.8, 4) is 16.9 Å². The fraction of sp³-hybridized carbons (Fsp3) is 0.240. The number of nitrogens with one attached hydrogen (secondary N) is 2. The summed E-state index contributed by atoms with van der Waals surface area (Å²) in [6.45, 7) is 2.17. The van der Waals surface area contributed by atoms with Crippen LogP contribution in [0.3, 0.4) is 0 Å². The zero-order chi connectivity index (χ0) is 23.2. The normalized spacial score (nSPS) is 16.3. The van der Waals surface area contributed by atoms with Gasteiger partial charge in [-0.1, -0.05) is 42.5 Å². The molecule has 1 aliphatic rings. The van der Waals surface area contributed by atoms with E-state index in [1.807, 2.05) is 42.5 Å². The van der Waals surface area contributed by atoms with Crippen LogP contribution in [-0.4, -0.2) is 35.3 Å². The molecule has 33 heavy (non-hydrogen) atoms. The van der Waals surface area contributed by atoms with E-state index in [0.29, 0.717) is 18.1 Å². The van der Waals surface area contributed by atoms with Gasteiger partial charge >= 0.3 is 0 Å². The van der Waals surface area contributed by atoms with Crippen LogP contribution < -0.4 is 15.6 Å². The number of ether oxygens (including phenoxy) is 1. The monoisotopic (exact) mass is 447 g/mol. The molecule has 0 spiro atoms. The SMILES string of the molecule is CC(Oc1ccc(-c2ccccc2)cc1)C(=O)NNC(=O)C1CC(=O)N(Cc2ccco2)C1. The highest BCUT2D eigenvalue weighted by Crippen LogP contribution is 2.23. The Labute approximate surface area is 191 Å². The van der Waals surface area contributed by atoms with Crippen LogP contribution in [0.2, 0.25) is 0 Å². The molecule has 1 saturated heterocycles. The van der Waals surface area contributed by atoms with Crippen molar-refractivity contribution in [2.45, 2.75) is 26.0 Å². The Morgan fingerprint density at radius 2 is 1.76 bits per heavy atom. The average molecular weight is 447 g/mol.